The van der Waals surface area contributed by atoms with E-state index in [2.05, 4.69) is 30.3 Å². The predicted octanol–water partition coefficient (Wildman–Crippen LogP) is 3.67. The second-order valence-corrected chi connectivity index (χ2v) is 5.26. The maximum atomic E-state index is 10.8. The highest BCUT2D eigenvalue weighted by molar-refractivity contribution is 8.03. The van der Waals surface area contributed by atoms with Crippen molar-refractivity contribution in [3.63, 3.8) is 0 Å². The van der Waals surface area contributed by atoms with Gasteiger partial charge in [-0.05, 0) is 36.1 Å². The Hall–Kier alpha value is -1.54. The molecule has 84 valence electrons. The number of benzene rings is 1. The first-order chi connectivity index (χ1) is 8.36. The third-order valence-electron chi connectivity index (χ3n) is 3.07. The lowest BCUT2D eigenvalue weighted by Crippen LogP contribution is -1.94. The first-order valence-electron chi connectivity index (χ1n) is 5.69. The van der Waals surface area contributed by atoms with Gasteiger partial charge >= 0.3 is 0 Å². The van der Waals surface area contributed by atoms with Crippen LogP contribution in [0.3, 0.4) is 0 Å². The van der Waals surface area contributed by atoms with Crippen molar-refractivity contribution >= 4 is 18.0 Å². The zero-order valence-corrected chi connectivity index (χ0v) is 10.2. The van der Waals surface area contributed by atoms with Crippen LogP contribution in [-0.4, -0.2) is 6.29 Å². The van der Waals surface area contributed by atoms with Gasteiger partial charge < -0.3 is 0 Å². The van der Waals surface area contributed by atoms with E-state index in [1.165, 1.54) is 20.9 Å². The molecule has 1 heterocycles. The van der Waals surface area contributed by atoms with Gasteiger partial charge in [-0.15, -0.1) is 0 Å². The van der Waals surface area contributed by atoms with Gasteiger partial charge in [0.2, 0.25) is 0 Å². The molecule has 2 aliphatic rings. The number of allylic oxidation sites excluding steroid dienone is 5. The highest BCUT2D eigenvalue weighted by atomic mass is 32.2. The number of carbonyl (C=O) groups is 1. The second-order valence-electron chi connectivity index (χ2n) is 4.18. The van der Waals surface area contributed by atoms with Gasteiger partial charge in [0.25, 0.3) is 0 Å². The monoisotopic (exact) mass is 240 g/mol. The van der Waals surface area contributed by atoms with E-state index in [9.17, 15) is 4.79 Å². The van der Waals surface area contributed by atoms with Crippen LogP contribution in [0, 0.1) is 0 Å². The molecule has 0 saturated heterocycles. The first-order valence-corrected chi connectivity index (χ1v) is 6.50. The molecular weight excluding hydrogens is 228 g/mol. The Labute approximate surface area is 105 Å². The van der Waals surface area contributed by atoms with Crippen LogP contribution in [0.15, 0.2) is 63.4 Å². The summed E-state index contributed by atoms with van der Waals surface area (Å²) >= 11 is 1.77. The Morgan fingerprint density at radius 1 is 1.12 bits per heavy atom. The molecule has 0 atom stereocenters. The molecule has 0 N–H and O–H groups in total. The predicted molar refractivity (Wildman–Crippen MR) is 70.9 cm³/mol. The van der Waals surface area contributed by atoms with E-state index >= 15 is 0 Å². The highest BCUT2D eigenvalue weighted by Crippen LogP contribution is 2.40. The molecule has 0 saturated carbocycles. The summed E-state index contributed by atoms with van der Waals surface area (Å²) in [5.41, 5.74) is 3.51. The second kappa shape index (κ2) is 4.38. The average molecular weight is 240 g/mol. The standard InChI is InChI=1S/C15H12OS/c16-10-11-5-6-13-8-7-12-3-1-2-4-14(12)17-15(13)9-11/h1-5,8-10H,6-7H2. The number of fused-ring (bicyclic) bond motifs is 2. The number of aldehydes is 1. The van der Waals surface area contributed by atoms with Gasteiger partial charge in [0.05, 0.1) is 0 Å². The van der Waals surface area contributed by atoms with Crippen molar-refractivity contribution in [2.45, 2.75) is 17.7 Å². The summed E-state index contributed by atoms with van der Waals surface area (Å²) in [7, 11) is 0. The van der Waals surface area contributed by atoms with Crippen LogP contribution in [0.2, 0.25) is 0 Å². The summed E-state index contributed by atoms with van der Waals surface area (Å²) in [6.07, 6.45) is 9.07. The van der Waals surface area contributed by atoms with Crippen LogP contribution in [0.4, 0.5) is 0 Å². The number of rotatable bonds is 1. The summed E-state index contributed by atoms with van der Waals surface area (Å²) < 4.78 is 0. The van der Waals surface area contributed by atoms with Crippen LogP contribution in [0.1, 0.15) is 12.0 Å². The topological polar surface area (TPSA) is 17.1 Å². The summed E-state index contributed by atoms with van der Waals surface area (Å²) in [4.78, 5) is 13.3. The first kappa shape index (κ1) is 10.6. The number of hydrogen-bond acceptors (Lipinski definition) is 2. The minimum Gasteiger partial charge on any atom is -0.298 e. The molecule has 1 aliphatic carbocycles. The van der Waals surface area contributed by atoms with Crippen LogP contribution in [0.5, 0.6) is 0 Å². The maximum Gasteiger partial charge on any atom is 0.149 e. The van der Waals surface area contributed by atoms with Gasteiger partial charge in [-0.1, -0.05) is 42.1 Å². The largest absolute Gasteiger partial charge is 0.298 e. The molecule has 1 nitrogen and oxygen atoms in total. The third kappa shape index (κ3) is 2.01. The molecule has 1 aromatic rings. The molecule has 0 fully saturated rings. The van der Waals surface area contributed by atoms with Crippen molar-refractivity contribution in [1.82, 2.24) is 0 Å². The molecule has 0 aromatic heterocycles. The molecule has 0 spiro atoms. The lowest BCUT2D eigenvalue weighted by atomic mass is 10.0. The average Bonchev–Trinajstić information content (AvgIpc) is 2.56. The Bertz CT molecular complexity index is 564. The Balaban J connectivity index is 2.03. The zero-order chi connectivity index (χ0) is 11.7. The fraction of sp³-hybridized carbons (Fsp3) is 0.133. The Kier molecular flexibility index (Phi) is 2.73. The molecule has 1 aromatic carbocycles. The van der Waals surface area contributed by atoms with E-state index in [-0.39, 0.29) is 0 Å². The summed E-state index contributed by atoms with van der Waals surface area (Å²) in [5, 5.41) is 0. The molecular formula is C15H12OS. The molecule has 0 radical (unpaired) electrons. The van der Waals surface area contributed by atoms with Crippen molar-refractivity contribution in [2.24, 2.45) is 0 Å². The highest BCUT2D eigenvalue weighted by Gasteiger charge is 2.16. The lowest BCUT2D eigenvalue weighted by Gasteiger charge is -2.13. The van der Waals surface area contributed by atoms with E-state index in [0.717, 1.165) is 24.7 Å². The lowest BCUT2D eigenvalue weighted by molar-refractivity contribution is -0.104. The summed E-state index contributed by atoms with van der Waals surface area (Å²) in [5.74, 6) is 0. The smallest absolute Gasteiger partial charge is 0.149 e. The van der Waals surface area contributed by atoms with Crippen molar-refractivity contribution in [2.75, 3.05) is 0 Å². The molecule has 0 amide bonds. The van der Waals surface area contributed by atoms with Gasteiger partial charge in [0.1, 0.15) is 6.29 Å². The third-order valence-corrected chi connectivity index (χ3v) is 4.29. The summed E-state index contributed by atoms with van der Waals surface area (Å²) in [6, 6.07) is 8.47. The zero-order valence-electron chi connectivity index (χ0n) is 9.35. The van der Waals surface area contributed by atoms with E-state index in [1.54, 1.807) is 11.8 Å². The molecule has 2 heteroatoms. The van der Waals surface area contributed by atoms with Crippen LogP contribution in [0.25, 0.3) is 0 Å². The Morgan fingerprint density at radius 2 is 2.00 bits per heavy atom. The quantitative estimate of drug-likeness (QED) is 0.697. The fourth-order valence-electron chi connectivity index (χ4n) is 2.12. The van der Waals surface area contributed by atoms with Gasteiger partial charge in [0.15, 0.2) is 0 Å². The maximum absolute atomic E-state index is 10.8. The Morgan fingerprint density at radius 3 is 2.88 bits per heavy atom. The number of hydrogen-bond donors (Lipinski definition) is 0. The number of thioether (sulfide) groups is 1. The van der Waals surface area contributed by atoms with Crippen LogP contribution >= 0.6 is 11.8 Å². The molecule has 0 unspecified atom stereocenters. The van der Waals surface area contributed by atoms with Crippen molar-refractivity contribution in [1.29, 1.82) is 0 Å². The summed E-state index contributed by atoms with van der Waals surface area (Å²) in [6.45, 7) is 0. The van der Waals surface area contributed by atoms with Crippen LogP contribution < -0.4 is 0 Å². The van der Waals surface area contributed by atoms with Crippen molar-refractivity contribution in [3.8, 4) is 0 Å². The van der Waals surface area contributed by atoms with E-state index in [0.29, 0.717) is 0 Å². The van der Waals surface area contributed by atoms with E-state index in [4.69, 9.17) is 0 Å². The van der Waals surface area contributed by atoms with E-state index < -0.39 is 0 Å². The molecule has 17 heavy (non-hydrogen) atoms. The van der Waals surface area contributed by atoms with Crippen molar-refractivity contribution < 1.29 is 4.79 Å². The van der Waals surface area contributed by atoms with Gasteiger partial charge in [0, 0.05) is 15.4 Å². The minimum absolute atomic E-state index is 0.795. The SMILES string of the molecule is O=CC1=CCC2=CCc3ccccc3SC2=C1. The van der Waals surface area contributed by atoms with Crippen LogP contribution in [-0.2, 0) is 11.2 Å². The van der Waals surface area contributed by atoms with Crippen molar-refractivity contribution in [3.05, 3.63) is 64.1 Å². The normalized spacial score (nSPS) is 18.0. The van der Waals surface area contributed by atoms with Gasteiger partial charge in [-0.3, -0.25) is 4.79 Å². The fourth-order valence-corrected chi connectivity index (χ4v) is 3.27. The van der Waals surface area contributed by atoms with Gasteiger partial charge in [-0.25, -0.2) is 0 Å². The molecule has 0 bridgehead atoms. The number of carbonyl (C=O) groups excluding carboxylic acids is 1. The molecule has 3 rings (SSSR count). The minimum atomic E-state index is 0.795. The van der Waals surface area contributed by atoms with Gasteiger partial charge in [-0.2, -0.15) is 0 Å². The molecule has 1 aliphatic heterocycles. The van der Waals surface area contributed by atoms with E-state index in [1.807, 2.05) is 12.2 Å².